The Balaban J connectivity index is 1.70. The predicted octanol–water partition coefficient (Wildman–Crippen LogP) is 1.56. The van der Waals surface area contributed by atoms with Crippen LogP contribution in [-0.4, -0.2) is 35.7 Å². The zero-order valence-electron chi connectivity index (χ0n) is 11.1. The summed E-state index contributed by atoms with van der Waals surface area (Å²) in [5.41, 5.74) is 1.44. The van der Waals surface area contributed by atoms with Crippen LogP contribution in [-0.2, 0) is 4.74 Å². The summed E-state index contributed by atoms with van der Waals surface area (Å²) in [6.07, 6.45) is 6.98. The van der Waals surface area contributed by atoms with E-state index >= 15 is 0 Å². The number of carbonyl (C=O) groups is 1. The van der Waals surface area contributed by atoms with E-state index in [1.165, 1.54) is 0 Å². The van der Waals surface area contributed by atoms with Gasteiger partial charge >= 0.3 is 0 Å². The molecular weight excluding hydrogens is 242 g/mol. The van der Waals surface area contributed by atoms with Gasteiger partial charge in [-0.2, -0.15) is 0 Å². The zero-order valence-corrected chi connectivity index (χ0v) is 11.1. The van der Waals surface area contributed by atoms with E-state index in [1.807, 2.05) is 13.0 Å². The Morgan fingerprint density at radius 1 is 1.53 bits per heavy atom. The van der Waals surface area contributed by atoms with Gasteiger partial charge in [0.15, 0.2) is 0 Å². The van der Waals surface area contributed by atoms with Crippen LogP contribution in [0.1, 0.15) is 36.5 Å². The lowest BCUT2D eigenvalue weighted by Crippen LogP contribution is -2.41. The highest BCUT2D eigenvalue weighted by Crippen LogP contribution is 2.34. The van der Waals surface area contributed by atoms with Crippen molar-refractivity contribution in [2.24, 2.45) is 0 Å². The van der Waals surface area contributed by atoms with Crippen molar-refractivity contribution >= 4 is 11.6 Å². The minimum atomic E-state index is -0.0646. The van der Waals surface area contributed by atoms with Crippen molar-refractivity contribution in [1.82, 2.24) is 10.3 Å². The molecular formula is C14H19N3O2. The maximum absolute atomic E-state index is 12.3. The minimum absolute atomic E-state index is 0.0646. The number of rotatable bonds is 4. The number of pyridine rings is 1. The van der Waals surface area contributed by atoms with Crippen LogP contribution in [0.5, 0.6) is 0 Å². The second-order valence-corrected chi connectivity index (χ2v) is 5.14. The van der Waals surface area contributed by atoms with Crippen LogP contribution in [0.3, 0.4) is 0 Å². The minimum Gasteiger partial charge on any atom is -0.385 e. The molecule has 3 unspecified atom stereocenters. The van der Waals surface area contributed by atoms with Crippen molar-refractivity contribution in [3.8, 4) is 0 Å². The zero-order chi connectivity index (χ0) is 13.2. The quantitative estimate of drug-likeness (QED) is 0.863. The highest BCUT2D eigenvalue weighted by atomic mass is 16.5. The predicted molar refractivity (Wildman–Crippen MR) is 72.2 cm³/mol. The summed E-state index contributed by atoms with van der Waals surface area (Å²) in [4.78, 5) is 16.4. The molecule has 0 aliphatic carbocycles. The summed E-state index contributed by atoms with van der Waals surface area (Å²) in [5.74, 6) is -0.0646. The Labute approximate surface area is 112 Å². The third-order valence-corrected chi connectivity index (χ3v) is 3.86. The van der Waals surface area contributed by atoms with Gasteiger partial charge in [-0.05, 0) is 32.3 Å². The molecule has 5 heteroatoms. The third kappa shape index (κ3) is 2.42. The summed E-state index contributed by atoms with van der Waals surface area (Å²) < 4.78 is 5.75. The number of fused-ring (bicyclic) bond motifs is 2. The highest BCUT2D eigenvalue weighted by Gasteiger charge is 2.41. The number of nitrogens with one attached hydrogen (secondary N) is 2. The average Bonchev–Trinajstić information content (AvgIpc) is 3.02. The topological polar surface area (TPSA) is 63.2 Å². The molecule has 2 N–H and O–H groups in total. The molecule has 2 aliphatic rings. The molecule has 0 aromatic carbocycles. The number of hydrogen-bond donors (Lipinski definition) is 2. The van der Waals surface area contributed by atoms with Crippen LogP contribution >= 0.6 is 0 Å². The van der Waals surface area contributed by atoms with Gasteiger partial charge in [-0.15, -0.1) is 0 Å². The van der Waals surface area contributed by atoms with E-state index in [-0.39, 0.29) is 18.1 Å². The third-order valence-electron chi connectivity index (χ3n) is 3.86. The lowest BCUT2D eigenvalue weighted by molar-refractivity contribution is 0.0841. The number of carbonyl (C=O) groups excluding carboxylic acids is 1. The van der Waals surface area contributed by atoms with E-state index < -0.39 is 0 Å². The summed E-state index contributed by atoms with van der Waals surface area (Å²) in [6.45, 7) is 2.79. The van der Waals surface area contributed by atoms with Crippen LogP contribution in [0.2, 0.25) is 0 Å². The molecule has 1 aromatic rings. The van der Waals surface area contributed by atoms with Gasteiger partial charge in [0.2, 0.25) is 0 Å². The van der Waals surface area contributed by atoms with Gasteiger partial charge in [0.05, 0.1) is 29.5 Å². The lowest BCUT2D eigenvalue weighted by Gasteiger charge is -2.20. The Morgan fingerprint density at radius 2 is 2.42 bits per heavy atom. The van der Waals surface area contributed by atoms with E-state index in [0.717, 1.165) is 31.5 Å². The number of amides is 1. The van der Waals surface area contributed by atoms with Crippen molar-refractivity contribution in [3.05, 3.63) is 24.0 Å². The first-order valence-electron chi connectivity index (χ1n) is 6.92. The first kappa shape index (κ1) is 12.4. The molecule has 2 bridgehead atoms. The van der Waals surface area contributed by atoms with Crippen LogP contribution in [0, 0.1) is 0 Å². The Kier molecular flexibility index (Phi) is 3.38. The van der Waals surface area contributed by atoms with Gasteiger partial charge in [0, 0.05) is 18.9 Å². The van der Waals surface area contributed by atoms with Gasteiger partial charge in [-0.3, -0.25) is 9.78 Å². The van der Waals surface area contributed by atoms with Crippen molar-refractivity contribution in [2.75, 3.05) is 11.9 Å². The number of nitrogens with zero attached hydrogens (tertiary/aromatic N) is 1. The molecule has 2 saturated heterocycles. The number of aromatic nitrogens is 1. The highest BCUT2D eigenvalue weighted by molar-refractivity contribution is 5.99. The van der Waals surface area contributed by atoms with Gasteiger partial charge in [0.1, 0.15) is 0 Å². The second-order valence-electron chi connectivity index (χ2n) is 5.14. The van der Waals surface area contributed by atoms with E-state index in [4.69, 9.17) is 4.74 Å². The van der Waals surface area contributed by atoms with Crippen molar-refractivity contribution < 1.29 is 9.53 Å². The van der Waals surface area contributed by atoms with Crippen molar-refractivity contribution in [1.29, 1.82) is 0 Å². The summed E-state index contributed by atoms with van der Waals surface area (Å²) in [7, 11) is 0. The van der Waals surface area contributed by atoms with Crippen LogP contribution < -0.4 is 10.6 Å². The molecule has 0 radical (unpaired) electrons. The Hall–Kier alpha value is -1.62. The Bertz CT molecular complexity index is 478. The molecule has 2 aliphatic heterocycles. The van der Waals surface area contributed by atoms with E-state index in [0.29, 0.717) is 11.7 Å². The molecule has 0 saturated carbocycles. The van der Waals surface area contributed by atoms with Crippen LogP contribution in [0.4, 0.5) is 5.69 Å². The molecule has 3 atom stereocenters. The number of hydrogen-bond acceptors (Lipinski definition) is 4. The lowest BCUT2D eigenvalue weighted by atomic mass is 9.95. The van der Waals surface area contributed by atoms with E-state index in [1.54, 1.807) is 12.4 Å². The largest absolute Gasteiger partial charge is 0.385 e. The van der Waals surface area contributed by atoms with E-state index in [2.05, 4.69) is 15.6 Å². The van der Waals surface area contributed by atoms with Crippen LogP contribution in [0.15, 0.2) is 18.5 Å². The molecule has 0 spiro atoms. The molecule has 5 nitrogen and oxygen atoms in total. The first-order chi connectivity index (χ1) is 9.28. The summed E-state index contributed by atoms with van der Waals surface area (Å²) >= 11 is 0. The SMILES string of the molecule is CCNc1ccncc1C(=O)NC1CC2CCC1O2. The summed E-state index contributed by atoms with van der Waals surface area (Å²) in [6, 6.07) is 1.98. The fraction of sp³-hybridized carbons (Fsp3) is 0.571. The molecule has 1 aromatic heterocycles. The normalized spacial score (nSPS) is 28.4. The molecule has 102 valence electrons. The van der Waals surface area contributed by atoms with Crippen molar-refractivity contribution in [2.45, 2.75) is 44.4 Å². The molecule has 19 heavy (non-hydrogen) atoms. The van der Waals surface area contributed by atoms with E-state index in [9.17, 15) is 4.79 Å². The van der Waals surface area contributed by atoms with Crippen molar-refractivity contribution in [3.63, 3.8) is 0 Å². The Morgan fingerprint density at radius 3 is 3.11 bits per heavy atom. The fourth-order valence-corrected chi connectivity index (χ4v) is 2.96. The monoisotopic (exact) mass is 261 g/mol. The molecule has 2 fully saturated rings. The number of anilines is 1. The standard InChI is InChI=1S/C14H19N3O2/c1-2-16-11-5-6-15-8-10(11)14(18)17-12-7-9-3-4-13(12)19-9/h5-6,8-9,12-13H,2-4,7H2,1H3,(H,15,16)(H,17,18). The van der Waals surface area contributed by atoms with Gasteiger partial charge in [-0.1, -0.05) is 0 Å². The maximum atomic E-state index is 12.3. The fourth-order valence-electron chi connectivity index (χ4n) is 2.96. The summed E-state index contributed by atoms with van der Waals surface area (Å²) in [5, 5.41) is 6.27. The van der Waals surface area contributed by atoms with Gasteiger partial charge in [-0.25, -0.2) is 0 Å². The average molecular weight is 261 g/mol. The molecule has 1 amide bonds. The first-order valence-corrected chi connectivity index (χ1v) is 6.92. The second kappa shape index (κ2) is 5.17. The molecule has 3 rings (SSSR count). The van der Waals surface area contributed by atoms with Gasteiger partial charge < -0.3 is 15.4 Å². The maximum Gasteiger partial charge on any atom is 0.255 e. The van der Waals surface area contributed by atoms with Gasteiger partial charge in [0.25, 0.3) is 5.91 Å². The number of ether oxygens (including phenoxy) is 1. The molecule has 3 heterocycles. The smallest absolute Gasteiger partial charge is 0.255 e. The van der Waals surface area contributed by atoms with Crippen LogP contribution in [0.25, 0.3) is 0 Å².